The zero-order valence-electron chi connectivity index (χ0n) is 15.7. The lowest BCUT2D eigenvalue weighted by molar-refractivity contribution is 0.0947. The van der Waals surface area contributed by atoms with Gasteiger partial charge in [-0.25, -0.2) is 0 Å². The van der Waals surface area contributed by atoms with Gasteiger partial charge < -0.3 is 36.9 Å². The SMILES string of the molecule is CN(C)CCNC(=O)c1cc(C(N)=O)c(OCCN=CN)cc1OCCN. The van der Waals surface area contributed by atoms with E-state index in [0.29, 0.717) is 19.6 Å². The number of ether oxygens (including phenoxy) is 2. The molecule has 10 nitrogen and oxygen atoms in total. The Balaban J connectivity index is 3.12. The number of aliphatic imine (C=N–C) groups is 1. The van der Waals surface area contributed by atoms with Crippen LogP contribution >= 0.6 is 0 Å². The van der Waals surface area contributed by atoms with Gasteiger partial charge in [0.05, 0.1) is 24.0 Å². The monoisotopic (exact) mass is 380 g/mol. The molecule has 0 saturated heterocycles. The summed E-state index contributed by atoms with van der Waals surface area (Å²) in [6.07, 6.45) is 1.16. The van der Waals surface area contributed by atoms with Crippen molar-refractivity contribution in [1.29, 1.82) is 0 Å². The van der Waals surface area contributed by atoms with Crippen molar-refractivity contribution in [3.8, 4) is 11.5 Å². The van der Waals surface area contributed by atoms with E-state index in [1.165, 1.54) is 12.1 Å². The summed E-state index contributed by atoms with van der Waals surface area (Å²) in [6.45, 7) is 2.05. The fourth-order valence-electron chi connectivity index (χ4n) is 2.11. The Morgan fingerprint density at radius 1 is 1.19 bits per heavy atom. The number of carbonyl (C=O) groups is 2. The van der Waals surface area contributed by atoms with Gasteiger partial charge in [0.25, 0.3) is 11.8 Å². The van der Waals surface area contributed by atoms with Gasteiger partial charge >= 0.3 is 0 Å². The number of benzene rings is 1. The van der Waals surface area contributed by atoms with Gasteiger partial charge in [0.15, 0.2) is 0 Å². The Kier molecular flexibility index (Phi) is 9.62. The largest absolute Gasteiger partial charge is 0.491 e. The molecule has 0 spiro atoms. The maximum Gasteiger partial charge on any atom is 0.255 e. The maximum absolute atomic E-state index is 12.5. The van der Waals surface area contributed by atoms with Crippen molar-refractivity contribution >= 4 is 18.2 Å². The van der Waals surface area contributed by atoms with Crippen molar-refractivity contribution in [2.75, 3.05) is 53.5 Å². The second kappa shape index (κ2) is 11.7. The van der Waals surface area contributed by atoms with Gasteiger partial charge in [-0.3, -0.25) is 14.6 Å². The van der Waals surface area contributed by atoms with E-state index in [-0.39, 0.29) is 48.3 Å². The summed E-state index contributed by atoms with van der Waals surface area (Å²) in [5, 5.41) is 2.77. The molecule has 0 aliphatic heterocycles. The molecule has 0 atom stereocenters. The van der Waals surface area contributed by atoms with Gasteiger partial charge in [0, 0.05) is 25.7 Å². The van der Waals surface area contributed by atoms with Crippen LogP contribution in [0.15, 0.2) is 17.1 Å². The number of rotatable bonds is 12. The van der Waals surface area contributed by atoms with Gasteiger partial charge in [-0.1, -0.05) is 0 Å². The highest BCUT2D eigenvalue weighted by Gasteiger charge is 2.20. The molecule has 0 saturated carbocycles. The van der Waals surface area contributed by atoms with E-state index in [2.05, 4.69) is 10.3 Å². The van der Waals surface area contributed by atoms with Crippen LogP contribution in [0.2, 0.25) is 0 Å². The number of nitrogens with two attached hydrogens (primary N) is 3. The van der Waals surface area contributed by atoms with Gasteiger partial charge in [0.2, 0.25) is 0 Å². The number of nitrogens with one attached hydrogen (secondary N) is 1. The number of carbonyl (C=O) groups excluding carboxylic acids is 2. The van der Waals surface area contributed by atoms with Crippen LogP contribution in [0.3, 0.4) is 0 Å². The molecule has 27 heavy (non-hydrogen) atoms. The first-order chi connectivity index (χ1) is 12.9. The molecule has 0 heterocycles. The Morgan fingerprint density at radius 2 is 1.85 bits per heavy atom. The number of hydrogen-bond acceptors (Lipinski definition) is 7. The molecule has 1 aromatic carbocycles. The molecule has 0 bridgehead atoms. The number of hydrogen-bond donors (Lipinski definition) is 4. The van der Waals surface area contributed by atoms with Crippen LogP contribution in [0, 0.1) is 0 Å². The van der Waals surface area contributed by atoms with Crippen molar-refractivity contribution in [2.24, 2.45) is 22.2 Å². The molecule has 1 aromatic rings. The van der Waals surface area contributed by atoms with E-state index in [4.69, 9.17) is 26.7 Å². The third kappa shape index (κ3) is 7.50. The number of nitrogens with zero attached hydrogens (tertiary/aromatic N) is 2. The van der Waals surface area contributed by atoms with E-state index < -0.39 is 5.91 Å². The maximum atomic E-state index is 12.5. The lowest BCUT2D eigenvalue weighted by Gasteiger charge is -2.16. The summed E-state index contributed by atoms with van der Waals surface area (Å²) in [6, 6.07) is 2.82. The molecule has 0 aliphatic carbocycles. The highest BCUT2D eigenvalue weighted by atomic mass is 16.5. The first kappa shape index (κ1) is 22.2. The minimum absolute atomic E-state index is 0.0737. The number of primary amides is 1. The highest BCUT2D eigenvalue weighted by molar-refractivity contribution is 6.02. The van der Waals surface area contributed by atoms with Crippen LogP contribution in [0.4, 0.5) is 0 Å². The first-order valence-electron chi connectivity index (χ1n) is 8.47. The normalized spacial score (nSPS) is 11.0. The lowest BCUT2D eigenvalue weighted by atomic mass is 10.1. The van der Waals surface area contributed by atoms with E-state index in [1.807, 2.05) is 19.0 Å². The van der Waals surface area contributed by atoms with Gasteiger partial charge in [0.1, 0.15) is 24.7 Å². The smallest absolute Gasteiger partial charge is 0.255 e. The average Bonchev–Trinajstić information content (AvgIpc) is 2.62. The molecule has 0 fully saturated rings. The Bertz CT molecular complexity index is 663. The molecule has 0 radical (unpaired) electrons. The molecule has 150 valence electrons. The van der Waals surface area contributed by atoms with Crippen LogP contribution < -0.4 is 32.0 Å². The van der Waals surface area contributed by atoms with Gasteiger partial charge in [-0.15, -0.1) is 0 Å². The summed E-state index contributed by atoms with van der Waals surface area (Å²) in [4.78, 5) is 30.1. The summed E-state index contributed by atoms with van der Waals surface area (Å²) in [5.41, 5.74) is 16.4. The van der Waals surface area contributed by atoms with E-state index in [0.717, 1.165) is 6.34 Å². The molecule has 0 aromatic heterocycles. The van der Waals surface area contributed by atoms with Crippen LogP contribution in [-0.2, 0) is 0 Å². The number of likely N-dealkylation sites (N-methyl/N-ethyl adjacent to an activating group) is 1. The van der Waals surface area contributed by atoms with Gasteiger partial charge in [-0.2, -0.15) is 0 Å². The third-order valence-corrected chi connectivity index (χ3v) is 3.40. The summed E-state index contributed by atoms with van der Waals surface area (Å²) < 4.78 is 11.1. The predicted molar refractivity (Wildman–Crippen MR) is 103 cm³/mol. The standard InChI is InChI=1S/C17H28N6O4/c1-23(2)6-4-22-17(25)13-9-12(16(20)24)14(27-8-5-21-11-19)10-15(13)26-7-3-18/h9-11H,3-8,18H2,1-2H3,(H2,19,21)(H2,20,24)(H,22,25). The summed E-state index contributed by atoms with van der Waals surface area (Å²) in [5.74, 6) is -0.651. The zero-order valence-corrected chi connectivity index (χ0v) is 15.7. The van der Waals surface area contributed by atoms with Gasteiger partial charge in [-0.05, 0) is 20.2 Å². The predicted octanol–water partition coefficient (Wildman–Crippen LogP) is -1.22. The molecule has 2 amide bonds. The van der Waals surface area contributed by atoms with Crippen LogP contribution in [0.5, 0.6) is 11.5 Å². The van der Waals surface area contributed by atoms with Crippen molar-refractivity contribution in [3.05, 3.63) is 23.3 Å². The average molecular weight is 380 g/mol. The summed E-state index contributed by atoms with van der Waals surface area (Å²) in [7, 11) is 3.79. The fourth-order valence-corrected chi connectivity index (χ4v) is 2.11. The zero-order chi connectivity index (χ0) is 20.2. The second-order valence-corrected chi connectivity index (χ2v) is 5.81. The minimum Gasteiger partial charge on any atom is -0.491 e. The fraction of sp³-hybridized carbons (Fsp3) is 0.471. The molecule has 1 rings (SSSR count). The third-order valence-electron chi connectivity index (χ3n) is 3.40. The van der Waals surface area contributed by atoms with Crippen LogP contribution in [-0.4, -0.2) is 76.5 Å². The second-order valence-electron chi connectivity index (χ2n) is 5.81. The molecule has 0 unspecified atom stereocenters. The number of amides is 2. The van der Waals surface area contributed by atoms with Crippen molar-refractivity contribution in [2.45, 2.75) is 0 Å². The van der Waals surface area contributed by atoms with Crippen molar-refractivity contribution in [1.82, 2.24) is 10.2 Å². The van der Waals surface area contributed by atoms with Crippen molar-refractivity contribution < 1.29 is 19.1 Å². The van der Waals surface area contributed by atoms with Crippen LogP contribution in [0.25, 0.3) is 0 Å². The quantitative estimate of drug-likeness (QED) is 0.201. The topological polar surface area (TPSA) is 158 Å². The summed E-state index contributed by atoms with van der Waals surface area (Å²) >= 11 is 0. The first-order valence-corrected chi connectivity index (χ1v) is 8.47. The Hall–Kier alpha value is -2.85. The molecule has 7 N–H and O–H groups in total. The Morgan fingerprint density at radius 3 is 2.44 bits per heavy atom. The molecule has 10 heteroatoms. The lowest BCUT2D eigenvalue weighted by Crippen LogP contribution is -2.32. The highest BCUT2D eigenvalue weighted by Crippen LogP contribution is 2.29. The van der Waals surface area contributed by atoms with Crippen molar-refractivity contribution in [3.63, 3.8) is 0 Å². The molecule has 0 aliphatic rings. The Labute approximate surface area is 158 Å². The van der Waals surface area contributed by atoms with E-state index >= 15 is 0 Å². The van der Waals surface area contributed by atoms with Crippen LogP contribution in [0.1, 0.15) is 20.7 Å². The minimum atomic E-state index is -0.722. The molecular formula is C17H28N6O4. The molecular weight excluding hydrogens is 352 g/mol. The van der Waals surface area contributed by atoms with E-state index in [1.54, 1.807) is 0 Å². The van der Waals surface area contributed by atoms with E-state index in [9.17, 15) is 9.59 Å².